The summed E-state index contributed by atoms with van der Waals surface area (Å²) >= 11 is 1.52. The number of thioether (sulfide) groups is 1. The molecule has 1 aliphatic heterocycles. The summed E-state index contributed by atoms with van der Waals surface area (Å²) in [5, 5.41) is 23.1. The highest BCUT2D eigenvalue weighted by molar-refractivity contribution is 8.06. The lowest BCUT2D eigenvalue weighted by molar-refractivity contribution is 0.481. The number of aromatic nitrogens is 5. The molecule has 27 heavy (non-hydrogen) atoms. The molecule has 2 N–H and O–H groups in total. The van der Waals surface area contributed by atoms with E-state index >= 15 is 0 Å². The van der Waals surface area contributed by atoms with Gasteiger partial charge >= 0.3 is 0 Å². The number of anilines is 1. The Morgan fingerprint density at radius 1 is 1.41 bits per heavy atom. The Bertz CT molecular complexity index is 887. The van der Waals surface area contributed by atoms with E-state index in [0.29, 0.717) is 23.8 Å². The van der Waals surface area contributed by atoms with Crippen molar-refractivity contribution in [1.29, 1.82) is 5.26 Å². The summed E-state index contributed by atoms with van der Waals surface area (Å²) in [6.07, 6.45) is 5.73. The molecule has 3 rings (SSSR count). The second kappa shape index (κ2) is 8.22. The SMILES string of the molecule is CC(C)(C)C1=CS/C(=C(\C#N)c2ccnc(NCCCn3cncn3)n2)N1. The van der Waals surface area contributed by atoms with Crippen LogP contribution in [0, 0.1) is 16.7 Å². The van der Waals surface area contributed by atoms with E-state index in [2.05, 4.69) is 62.9 Å². The molecule has 0 bridgehead atoms. The summed E-state index contributed by atoms with van der Waals surface area (Å²) in [5.41, 5.74) is 2.21. The van der Waals surface area contributed by atoms with Gasteiger partial charge in [0.25, 0.3) is 0 Å². The van der Waals surface area contributed by atoms with E-state index in [0.717, 1.165) is 23.7 Å². The van der Waals surface area contributed by atoms with Crippen LogP contribution in [0.15, 0.2) is 41.1 Å². The number of nitrogens with one attached hydrogen (secondary N) is 2. The van der Waals surface area contributed by atoms with E-state index in [9.17, 15) is 5.26 Å². The molecule has 0 atom stereocenters. The van der Waals surface area contributed by atoms with Crippen LogP contribution >= 0.6 is 11.8 Å². The number of aryl methyl sites for hydroxylation is 1. The third-order valence-electron chi connectivity index (χ3n) is 3.92. The van der Waals surface area contributed by atoms with Crippen molar-refractivity contribution >= 4 is 23.3 Å². The summed E-state index contributed by atoms with van der Waals surface area (Å²) in [4.78, 5) is 12.7. The van der Waals surface area contributed by atoms with Gasteiger partial charge in [-0.05, 0) is 17.9 Å². The Morgan fingerprint density at radius 3 is 2.93 bits per heavy atom. The Labute approximate surface area is 162 Å². The maximum atomic E-state index is 9.66. The summed E-state index contributed by atoms with van der Waals surface area (Å²) in [6, 6.07) is 4.03. The Balaban J connectivity index is 1.65. The van der Waals surface area contributed by atoms with Crippen molar-refractivity contribution in [2.45, 2.75) is 33.7 Å². The fourth-order valence-corrected chi connectivity index (χ4v) is 3.47. The van der Waals surface area contributed by atoms with Gasteiger partial charge in [0, 0.05) is 30.4 Å². The highest BCUT2D eigenvalue weighted by atomic mass is 32.2. The number of rotatable bonds is 6. The van der Waals surface area contributed by atoms with Crippen molar-refractivity contribution in [2.75, 3.05) is 11.9 Å². The van der Waals surface area contributed by atoms with Crippen molar-refractivity contribution in [3.63, 3.8) is 0 Å². The fraction of sp³-hybridized carbons (Fsp3) is 0.389. The first-order valence-electron chi connectivity index (χ1n) is 8.66. The van der Waals surface area contributed by atoms with Gasteiger partial charge in [0.05, 0.1) is 10.7 Å². The van der Waals surface area contributed by atoms with Gasteiger partial charge in [-0.2, -0.15) is 10.4 Å². The Kier molecular flexibility index (Phi) is 5.76. The van der Waals surface area contributed by atoms with Crippen molar-refractivity contribution < 1.29 is 0 Å². The molecule has 3 heterocycles. The van der Waals surface area contributed by atoms with Gasteiger partial charge in [-0.3, -0.25) is 4.68 Å². The normalized spacial score (nSPS) is 15.7. The zero-order chi connectivity index (χ0) is 19.3. The van der Waals surface area contributed by atoms with Crippen molar-refractivity contribution in [2.24, 2.45) is 5.41 Å². The molecule has 0 aliphatic carbocycles. The molecule has 0 saturated heterocycles. The van der Waals surface area contributed by atoms with Gasteiger partial charge in [0.1, 0.15) is 24.3 Å². The van der Waals surface area contributed by atoms with E-state index in [1.807, 2.05) is 0 Å². The largest absolute Gasteiger partial charge is 0.354 e. The minimum atomic E-state index is -0.00218. The predicted octanol–water partition coefficient (Wildman–Crippen LogP) is 2.99. The van der Waals surface area contributed by atoms with Gasteiger partial charge in [-0.25, -0.2) is 15.0 Å². The predicted molar refractivity (Wildman–Crippen MR) is 106 cm³/mol. The van der Waals surface area contributed by atoms with Crippen molar-refractivity contribution in [3.05, 3.63) is 46.7 Å². The minimum absolute atomic E-state index is 0.00218. The summed E-state index contributed by atoms with van der Waals surface area (Å²) in [6.45, 7) is 7.86. The molecule has 0 amide bonds. The standard InChI is InChI=1S/C18H22N8S/c1-18(2,3)15-10-27-16(25-15)13(9-19)14-5-7-22-17(24-14)21-6-4-8-26-12-20-11-23-26/h5,7,10-12,25H,4,6,8H2,1-3H3,(H,21,22,24)/b16-13+. The zero-order valence-corrected chi connectivity index (χ0v) is 16.4. The van der Waals surface area contributed by atoms with Gasteiger partial charge < -0.3 is 10.6 Å². The van der Waals surface area contributed by atoms with Crippen LogP contribution in [0.4, 0.5) is 5.95 Å². The first kappa shape index (κ1) is 18.9. The Hall–Kier alpha value is -2.86. The molecule has 0 spiro atoms. The number of nitrogens with zero attached hydrogens (tertiary/aromatic N) is 6. The van der Waals surface area contributed by atoms with Gasteiger partial charge in [-0.1, -0.05) is 32.5 Å². The lowest BCUT2D eigenvalue weighted by Gasteiger charge is -2.20. The molecule has 1 aliphatic rings. The summed E-state index contributed by atoms with van der Waals surface area (Å²) < 4.78 is 1.78. The molecule has 0 saturated carbocycles. The van der Waals surface area contributed by atoms with Crippen LogP contribution in [-0.2, 0) is 6.54 Å². The monoisotopic (exact) mass is 382 g/mol. The number of allylic oxidation sites excluding steroid dienone is 2. The first-order valence-corrected chi connectivity index (χ1v) is 9.54. The summed E-state index contributed by atoms with van der Waals surface area (Å²) in [7, 11) is 0. The van der Waals surface area contributed by atoms with E-state index in [1.165, 1.54) is 18.1 Å². The van der Waals surface area contributed by atoms with Crippen molar-refractivity contribution in [1.82, 2.24) is 30.0 Å². The van der Waals surface area contributed by atoms with Crippen LogP contribution in [0.1, 0.15) is 32.9 Å². The van der Waals surface area contributed by atoms with E-state index in [-0.39, 0.29) is 5.41 Å². The fourth-order valence-electron chi connectivity index (χ4n) is 2.38. The maximum absolute atomic E-state index is 9.66. The molecule has 140 valence electrons. The number of hydrogen-bond donors (Lipinski definition) is 2. The molecule has 2 aromatic heterocycles. The van der Waals surface area contributed by atoms with Crippen LogP contribution in [0.3, 0.4) is 0 Å². The molecule has 0 radical (unpaired) electrons. The molecule has 0 unspecified atom stereocenters. The van der Waals surface area contributed by atoms with Gasteiger partial charge in [0.2, 0.25) is 5.95 Å². The number of nitriles is 1. The lowest BCUT2D eigenvalue weighted by Crippen LogP contribution is -2.20. The Morgan fingerprint density at radius 2 is 2.26 bits per heavy atom. The average molecular weight is 382 g/mol. The van der Waals surface area contributed by atoms with Crippen LogP contribution in [0.2, 0.25) is 0 Å². The van der Waals surface area contributed by atoms with E-state index in [4.69, 9.17) is 0 Å². The minimum Gasteiger partial charge on any atom is -0.354 e. The van der Waals surface area contributed by atoms with Crippen LogP contribution in [-0.4, -0.2) is 31.3 Å². The van der Waals surface area contributed by atoms with Gasteiger partial charge in [-0.15, -0.1) is 0 Å². The van der Waals surface area contributed by atoms with Crippen LogP contribution in [0.25, 0.3) is 5.57 Å². The van der Waals surface area contributed by atoms with E-state index in [1.54, 1.807) is 23.3 Å². The highest BCUT2D eigenvalue weighted by Gasteiger charge is 2.25. The first-order chi connectivity index (χ1) is 13.0. The second-order valence-corrected chi connectivity index (χ2v) is 7.92. The van der Waals surface area contributed by atoms with Crippen LogP contribution < -0.4 is 10.6 Å². The van der Waals surface area contributed by atoms with Crippen LogP contribution in [0.5, 0.6) is 0 Å². The topological polar surface area (TPSA) is 104 Å². The highest BCUT2D eigenvalue weighted by Crippen LogP contribution is 2.37. The maximum Gasteiger partial charge on any atom is 0.223 e. The zero-order valence-electron chi connectivity index (χ0n) is 15.6. The lowest BCUT2D eigenvalue weighted by atomic mass is 9.93. The molecular weight excluding hydrogens is 360 g/mol. The second-order valence-electron chi connectivity index (χ2n) is 7.04. The van der Waals surface area contributed by atoms with Gasteiger partial charge in [0.15, 0.2) is 0 Å². The molecule has 2 aromatic rings. The molecule has 0 aromatic carbocycles. The average Bonchev–Trinajstić information content (AvgIpc) is 3.31. The van der Waals surface area contributed by atoms with E-state index < -0.39 is 0 Å². The third kappa shape index (κ3) is 4.86. The number of hydrogen-bond acceptors (Lipinski definition) is 8. The third-order valence-corrected chi connectivity index (χ3v) is 4.81. The quantitative estimate of drug-likeness (QED) is 0.580. The molecule has 9 heteroatoms. The van der Waals surface area contributed by atoms with Crippen molar-refractivity contribution in [3.8, 4) is 6.07 Å². The molecule has 0 fully saturated rings. The smallest absolute Gasteiger partial charge is 0.223 e. The summed E-state index contributed by atoms with van der Waals surface area (Å²) in [5.74, 6) is 0.506. The molecular formula is C18H22N8S. The molecule has 8 nitrogen and oxygen atoms in total.